The van der Waals surface area contributed by atoms with Gasteiger partial charge in [0.05, 0.1) is 23.8 Å². The number of nitrogens with one attached hydrogen (secondary N) is 2. The lowest BCUT2D eigenvalue weighted by Gasteiger charge is -2.07. The normalized spacial score (nSPS) is 10.5. The molecule has 0 radical (unpaired) electrons. The Labute approximate surface area is 150 Å². The molecule has 0 aliphatic heterocycles. The van der Waals surface area contributed by atoms with Gasteiger partial charge in [0.25, 0.3) is 5.91 Å². The Kier molecular flexibility index (Phi) is 5.12. The maximum atomic E-state index is 12.0. The van der Waals surface area contributed by atoms with E-state index in [-0.39, 0.29) is 30.5 Å². The SMILES string of the molecule is Cc1cc(C)n(-c2ccc(NC(=O)CCNC(=O)c3ccco3)cn2)n1. The highest BCUT2D eigenvalue weighted by atomic mass is 16.3. The fourth-order valence-corrected chi connectivity index (χ4v) is 2.45. The minimum absolute atomic E-state index is 0.145. The summed E-state index contributed by atoms with van der Waals surface area (Å²) in [6.45, 7) is 4.08. The Morgan fingerprint density at radius 2 is 2.08 bits per heavy atom. The van der Waals surface area contributed by atoms with Crippen LogP contribution in [0, 0.1) is 13.8 Å². The summed E-state index contributed by atoms with van der Waals surface area (Å²) in [4.78, 5) is 28.0. The fourth-order valence-electron chi connectivity index (χ4n) is 2.45. The Morgan fingerprint density at radius 3 is 2.69 bits per heavy atom. The zero-order valence-corrected chi connectivity index (χ0v) is 14.5. The van der Waals surface area contributed by atoms with Gasteiger partial charge in [0.15, 0.2) is 11.6 Å². The summed E-state index contributed by atoms with van der Waals surface area (Å²) in [5, 5.41) is 9.73. The maximum Gasteiger partial charge on any atom is 0.286 e. The van der Waals surface area contributed by atoms with Crippen LogP contribution < -0.4 is 10.6 Å². The standard InChI is InChI=1S/C18H19N5O3/c1-12-10-13(2)23(22-12)16-6-5-14(11-20-16)21-17(24)7-8-19-18(25)15-4-3-9-26-15/h3-6,9-11H,7-8H2,1-2H3,(H,19,25)(H,21,24). The van der Waals surface area contributed by atoms with E-state index in [9.17, 15) is 9.59 Å². The van der Waals surface area contributed by atoms with Crippen molar-refractivity contribution in [2.45, 2.75) is 20.3 Å². The summed E-state index contributed by atoms with van der Waals surface area (Å²) in [6.07, 6.45) is 3.14. The second kappa shape index (κ2) is 7.64. The van der Waals surface area contributed by atoms with Crippen LogP contribution in [0.1, 0.15) is 28.4 Å². The molecule has 2 amide bonds. The lowest BCUT2D eigenvalue weighted by atomic mass is 10.3. The van der Waals surface area contributed by atoms with Crippen LogP contribution in [0.25, 0.3) is 5.82 Å². The number of aromatic nitrogens is 3. The van der Waals surface area contributed by atoms with Crippen LogP contribution in [-0.4, -0.2) is 33.1 Å². The first kappa shape index (κ1) is 17.4. The number of pyridine rings is 1. The third-order valence-corrected chi connectivity index (χ3v) is 3.64. The molecule has 3 aromatic heterocycles. The molecular weight excluding hydrogens is 334 g/mol. The van der Waals surface area contributed by atoms with Crippen LogP contribution in [0.3, 0.4) is 0 Å². The molecule has 26 heavy (non-hydrogen) atoms. The first-order chi connectivity index (χ1) is 12.5. The zero-order chi connectivity index (χ0) is 18.5. The molecule has 0 saturated carbocycles. The number of aryl methyl sites for hydroxylation is 2. The summed E-state index contributed by atoms with van der Waals surface area (Å²) < 4.78 is 6.72. The monoisotopic (exact) mass is 353 g/mol. The molecule has 2 N–H and O–H groups in total. The Morgan fingerprint density at radius 1 is 1.23 bits per heavy atom. The van der Waals surface area contributed by atoms with Crippen molar-refractivity contribution in [1.29, 1.82) is 0 Å². The highest BCUT2D eigenvalue weighted by Gasteiger charge is 2.10. The molecule has 3 rings (SSSR count). The van der Waals surface area contributed by atoms with E-state index in [0.717, 1.165) is 11.4 Å². The van der Waals surface area contributed by atoms with Crippen molar-refractivity contribution in [2.75, 3.05) is 11.9 Å². The van der Waals surface area contributed by atoms with Gasteiger partial charge in [0.2, 0.25) is 5.91 Å². The van der Waals surface area contributed by atoms with E-state index in [1.807, 2.05) is 19.9 Å². The minimum Gasteiger partial charge on any atom is -0.459 e. The van der Waals surface area contributed by atoms with Gasteiger partial charge in [0, 0.05) is 18.7 Å². The van der Waals surface area contributed by atoms with Gasteiger partial charge in [-0.2, -0.15) is 5.10 Å². The second-order valence-electron chi connectivity index (χ2n) is 5.78. The molecule has 0 saturated heterocycles. The first-order valence-corrected chi connectivity index (χ1v) is 8.14. The van der Waals surface area contributed by atoms with Gasteiger partial charge in [-0.05, 0) is 44.2 Å². The molecule has 134 valence electrons. The highest BCUT2D eigenvalue weighted by Crippen LogP contribution is 2.12. The van der Waals surface area contributed by atoms with E-state index in [4.69, 9.17) is 4.42 Å². The van der Waals surface area contributed by atoms with Gasteiger partial charge in [-0.3, -0.25) is 9.59 Å². The molecule has 0 bridgehead atoms. The topological polar surface area (TPSA) is 102 Å². The summed E-state index contributed by atoms with van der Waals surface area (Å²) in [6, 6.07) is 8.70. The van der Waals surface area contributed by atoms with E-state index >= 15 is 0 Å². The number of furan rings is 1. The molecule has 8 heteroatoms. The Bertz CT molecular complexity index is 898. The van der Waals surface area contributed by atoms with E-state index in [2.05, 4.69) is 20.7 Å². The largest absolute Gasteiger partial charge is 0.459 e. The molecule has 0 spiro atoms. The molecule has 3 aromatic rings. The van der Waals surface area contributed by atoms with Crippen LogP contribution in [-0.2, 0) is 4.79 Å². The summed E-state index contributed by atoms with van der Waals surface area (Å²) in [5.41, 5.74) is 2.48. The zero-order valence-electron chi connectivity index (χ0n) is 14.5. The summed E-state index contributed by atoms with van der Waals surface area (Å²) in [5.74, 6) is 0.331. The molecule has 0 aliphatic rings. The summed E-state index contributed by atoms with van der Waals surface area (Å²) in [7, 11) is 0. The molecule has 0 aliphatic carbocycles. The van der Waals surface area contributed by atoms with Gasteiger partial charge in [-0.1, -0.05) is 0 Å². The first-order valence-electron chi connectivity index (χ1n) is 8.14. The number of nitrogens with zero attached hydrogens (tertiary/aromatic N) is 3. The van der Waals surface area contributed by atoms with Crippen molar-refractivity contribution in [1.82, 2.24) is 20.1 Å². The third-order valence-electron chi connectivity index (χ3n) is 3.64. The molecular formula is C18H19N5O3. The van der Waals surface area contributed by atoms with Crippen molar-refractivity contribution in [3.8, 4) is 5.82 Å². The van der Waals surface area contributed by atoms with Crippen LogP contribution >= 0.6 is 0 Å². The second-order valence-corrected chi connectivity index (χ2v) is 5.78. The average molecular weight is 353 g/mol. The lowest BCUT2D eigenvalue weighted by molar-refractivity contribution is -0.116. The van der Waals surface area contributed by atoms with Gasteiger partial charge in [-0.25, -0.2) is 9.67 Å². The van der Waals surface area contributed by atoms with E-state index < -0.39 is 0 Å². The fraction of sp³-hybridized carbons (Fsp3) is 0.222. The van der Waals surface area contributed by atoms with Crippen molar-refractivity contribution in [2.24, 2.45) is 0 Å². The predicted molar refractivity (Wildman–Crippen MR) is 95.1 cm³/mol. The van der Waals surface area contributed by atoms with Gasteiger partial charge < -0.3 is 15.1 Å². The van der Waals surface area contributed by atoms with Crippen LogP contribution in [0.2, 0.25) is 0 Å². The van der Waals surface area contributed by atoms with E-state index in [1.54, 1.807) is 35.1 Å². The number of hydrogen-bond donors (Lipinski definition) is 2. The van der Waals surface area contributed by atoms with Crippen LogP contribution in [0.4, 0.5) is 5.69 Å². The minimum atomic E-state index is -0.348. The molecule has 0 fully saturated rings. The average Bonchev–Trinajstić information content (AvgIpc) is 3.25. The number of rotatable bonds is 6. The smallest absolute Gasteiger partial charge is 0.286 e. The van der Waals surface area contributed by atoms with Gasteiger partial charge in [-0.15, -0.1) is 0 Å². The van der Waals surface area contributed by atoms with Crippen molar-refractivity contribution in [3.05, 3.63) is 59.9 Å². The maximum absolute atomic E-state index is 12.0. The van der Waals surface area contributed by atoms with Gasteiger partial charge in [0.1, 0.15) is 0 Å². The molecule has 0 atom stereocenters. The van der Waals surface area contributed by atoms with E-state index in [0.29, 0.717) is 11.5 Å². The summed E-state index contributed by atoms with van der Waals surface area (Å²) >= 11 is 0. The van der Waals surface area contributed by atoms with Crippen molar-refractivity contribution < 1.29 is 14.0 Å². The molecule has 8 nitrogen and oxygen atoms in total. The van der Waals surface area contributed by atoms with Gasteiger partial charge >= 0.3 is 0 Å². The molecule has 0 aromatic carbocycles. The number of carbonyl (C=O) groups is 2. The molecule has 3 heterocycles. The Hall–Kier alpha value is -3.42. The number of hydrogen-bond acceptors (Lipinski definition) is 5. The molecule has 0 unspecified atom stereocenters. The highest BCUT2D eigenvalue weighted by molar-refractivity contribution is 5.93. The van der Waals surface area contributed by atoms with Crippen LogP contribution in [0.5, 0.6) is 0 Å². The lowest BCUT2D eigenvalue weighted by Crippen LogP contribution is -2.27. The van der Waals surface area contributed by atoms with Crippen molar-refractivity contribution >= 4 is 17.5 Å². The predicted octanol–water partition coefficient (Wildman–Crippen LogP) is 2.24. The Balaban J connectivity index is 1.50. The van der Waals surface area contributed by atoms with Crippen molar-refractivity contribution in [3.63, 3.8) is 0 Å². The number of anilines is 1. The number of amides is 2. The van der Waals surface area contributed by atoms with E-state index in [1.165, 1.54) is 6.26 Å². The number of carbonyl (C=O) groups excluding carboxylic acids is 2. The van der Waals surface area contributed by atoms with Crippen LogP contribution in [0.15, 0.2) is 47.2 Å². The third kappa shape index (κ3) is 4.15. The quantitative estimate of drug-likeness (QED) is 0.707.